The summed E-state index contributed by atoms with van der Waals surface area (Å²) in [6.45, 7) is 4.20. The third-order valence-corrected chi connectivity index (χ3v) is 7.04. The first-order chi connectivity index (χ1) is 15.0. The molecule has 31 heavy (non-hydrogen) atoms. The highest BCUT2D eigenvalue weighted by Crippen LogP contribution is 2.44. The molecule has 2 aliphatic rings. The number of aryl methyl sites for hydroxylation is 1. The number of rotatable bonds is 4. The van der Waals surface area contributed by atoms with Crippen LogP contribution in [-0.2, 0) is 0 Å². The molecule has 2 atom stereocenters. The van der Waals surface area contributed by atoms with Crippen molar-refractivity contribution >= 4 is 17.3 Å². The lowest BCUT2D eigenvalue weighted by Gasteiger charge is -2.33. The average molecular weight is 435 g/mol. The summed E-state index contributed by atoms with van der Waals surface area (Å²) in [5, 5.41) is 4.38. The highest BCUT2D eigenvalue weighted by atomic mass is 32.1. The van der Waals surface area contributed by atoms with Crippen LogP contribution in [0.5, 0.6) is 0 Å². The van der Waals surface area contributed by atoms with Crippen molar-refractivity contribution in [1.29, 1.82) is 0 Å². The van der Waals surface area contributed by atoms with Gasteiger partial charge in [-0.05, 0) is 80.9 Å². The van der Waals surface area contributed by atoms with Gasteiger partial charge in [0.15, 0.2) is 5.11 Å². The highest BCUT2D eigenvalue weighted by Gasteiger charge is 2.44. The Kier molecular flexibility index (Phi) is 5.26. The summed E-state index contributed by atoms with van der Waals surface area (Å²) in [6, 6.07) is 15.5. The second kappa shape index (κ2) is 8.08. The van der Waals surface area contributed by atoms with E-state index in [2.05, 4.69) is 45.7 Å². The van der Waals surface area contributed by atoms with Crippen LogP contribution in [0.3, 0.4) is 0 Å². The lowest BCUT2D eigenvalue weighted by molar-refractivity contribution is 0.245. The summed E-state index contributed by atoms with van der Waals surface area (Å²) in [6.07, 6.45) is 6.65. The van der Waals surface area contributed by atoms with Gasteiger partial charge < -0.3 is 14.8 Å². The molecule has 0 radical (unpaired) electrons. The van der Waals surface area contributed by atoms with E-state index in [1.807, 2.05) is 24.4 Å². The van der Waals surface area contributed by atoms with Crippen molar-refractivity contribution in [1.82, 2.24) is 19.8 Å². The van der Waals surface area contributed by atoms with Crippen molar-refractivity contribution < 1.29 is 4.39 Å². The number of hydrogen-bond donors (Lipinski definition) is 1. The van der Waals surface area contributed by atoms with Crippen molar-refractivity contribution in [2.45, 2.75) is 57.7 Å². The molecule has 2 fully saturated rings. The maximum absolute atomic E-state index is 14.0. The average Bonchev–Trinajstić information content (AvgIpc) is 3.46. The van der Waals surface area contributed by atoms with Crippen LogP contribution in [-0.4, -0.2) is 25.6 Å². The molecule has 1 N–H and O–H groups in total. The van der Waals surface area contributed by atoms with Crippen molar-refractivity contribution in [3.05, 3.63) is 83.2 Å². The summed E-state index contributed by atoms with van der Waals surface area (Å²) >= 11 is 5.86. The quantitative estimate of drug-likeness (QED) is 0.546. The Balaban J connectivity index is 1.64. The van der Waals surface area contributed by atoms with Gasteiger partial charge in [-0.2, -0.15) is 0 Å². The zero-order valence-corrected chi connectivity index (χ0v) is 18.7. The first-order valence-electron chi connectivity index (χ1n) is 11.0. The Hall–Kier alpha value is -2.73. The van der Waals surface area contributed by atoms with Gasteiger partial charge in [0, 0.05) is 29.3 Å². The fraction of sp³-hybridized carbons (Fsp3) is 0.360. The van der Waals surface area contributed by atoms with Gasteiger partial charge in [-0.3, -0.25) is 4.98 Å². The van der Waals surface area contributed by atoms with Gasteiger partial charge in [0.05, 0.1) is 17.8 Å². The van der Waals surface area contributed by atoms with Gasteiger partial charge in [-0.25, -0.2) is 4.39 Å². The van der Waals surface area contributed by atoms with Crippen molar-refractivity contribution in [3.63, 3.8) is 0 Å². The van der Waals surface area contributed by atoms with E-state index in [4.69, 9.17) is 12.2 Å². The zero-order valence-electron chi connectivity index (χ0n) is 17.9. The predicted molar refractivity (Wildman–Crippen MR) is 125 cm³/mol. The molecule has 4 nitrogen and oxygen atoms in total. The molecule has 1 aliphatic carbocycles. The predicted octanol–water partition coefficient (Wildman–Crippen LogP) is 5.54. The summed E-state index contributed by atoms with van der Waals surface area (Å²) in [4.78, 5) is 7.07. The zero-order chi connectivity index (χ0) is 21.5. The van der Waals surface area contributed by atoms with Crippen LogP contribution in [0.2, 0.25) is 0 Å². The number of nitrogens with zero attached hydrogens (tertiary/aromatic N) is 3. The minimum absolute atomic E-state index is 0.0178. The van der Waals surface area contributed by atoms with Crippen LogP contribution < -0.4 is 5.32 Å². The van der Waals surface area contributed by atoms with Gasteiger partial charge in [-0.15, -0.1) is 0 Å². The fourth-order valence-corrected chi connectivity index (χ4v) is 5.76. The van der Waals surface area contributed by atoms with E-state index < -0.39 is 0 Å². The molecule has 1 saturated heterocycles. The Morgan fingerprint density at radius 2 is 1.87 bits per heavy atom. The number of hydrogen-bond acceptors (Lipinski definition) is 2. The van der Waals surface area contributed by atoms with Crippen LogP contribution >= 0.6 is 12.2 Å². The second-order valence-corrected chi connectivity index (χ2v) is 9.00. The first kappa shape index (κ1) is 20.2. The normalized spacial score (nSPS) is 21.6. The molecule has 160 valence electrons. The van der Waals surface area contributed by atoms with E-state index in [9.17, 15) is 4.39 Å². The van der Waals surface area contributed by atoms with E-state index in [-0.39, 0.29) is 17.9 Å². The van der Waals surface area contributed by atoms with Crippen LogP contribution in [0.4, 0.5) is 4.39 Å². The highest BCUT2D eigenvalue weighted by molar-refractivity contribution is 7.80. The van der Waals surface area contributed by atoms with E-state index in [0.29, 0.717) is 6.04 Å². The van der Waals surface area contributed by atoms with E-state index in [0.717, 1.165) is 40.7 Å². The van der Waals surface area contributed by atoms with Crippen LogP contribution in [0.1, 0.15) is 60.4 Å². The molecular formula is C25H27FN4S. The molecule has 2 aromatic heterocycles. The molecule has 1 aliphatic heterocycles. The van der Waals surface area contributed by atoms with Crippen LogP contribution in [0, 0.1) is 19.7 Å². The van der Waals surface area contributed by atoms with Crippen molar-refractivity contribution in [2.24, 2.45) is 0 Å². The number of halogens is 1. The number of benzene rings is 1. The molecule has 6 heteroatoms. The molecule has 3 heterocycles. The number of pyridine rings is 1. The molecule has 1 aromatic carbocycles. The van der Waals surface area contributed by atoms with Crippen LogP contribution in [0.25, 0.3) is 5.69 Å². The van der Waals surface area contributed by atoms with Crippen molar-refractivity contribution in [3.8, 4) is 5.69 Å². The Bertz CT molecular complexity index is 1100. The third kappa shape index (κ3) is 3.53. The minimum Gasteiger partial charge on any atom is -0.352 e. The number of aromatic nitrogens is 2. The lowest BCUT2D eigenvalue weighted by Crippen LogP contribution is -2.37. The smallest absolute Gasteiger partial charge is 0.170 e. The molecule has 0 spiro atoms. The first-order valence-corrected chi connectivity index (χ1v) is 11.4. The van der Waals surface area contributed by atoms with Crippen molar-refractivity contribution in [2.75, 3.05) is 0 Å². The summed E-state index contributed by atoms with van der Waals surface area (Å²) in [5.74, 6) is -0.228. The van der Waals surface area contributed by atoms with Gasteiger partial charge in [0.25, 0.3) is 0 Å². The Morgan fingerprint density at radius 1 is 1.06 bits per heavy atom. The maximum atomic E-state index is 14.0. The summed E-state index contributed by atoms with van der Waals surface area (Å²) < 4.78 is 16.1. The SMILES string of the molecule is Cc1cc([C@@H]2[C@H](c3ccccn3)NC(=S)N2C2CCCC2)c(C)n1-c1cccc(F)c1. The summed E-state index contributed by atoms with van der Waals surface area (Å²) in [5.41, 5.74) is 5.25. The van der Waals surface area contributed by atoms with Gasteiger partial charge in [0.1, 0.15) is 5.82 Å². The third-order valence-electron chi connectivity index (χ3n) is 6.71. The topological polar surface area (TPSA) is 33.1 Å². The standard InChI is InChI=1S/C25H27FN4S/c1-16-14-21(17(2)29(16)20-11-7-8-18(26)15-20)24-23(22-12-5-6-13-27-22)28-25(31)30(24)19-9-3-4-10-19/h5-8,11-15,19,23-24H,3-4,9-10H2,1-2H3,(H,28,31)/t23-,24+/m0/s1. The Labute approximate surface area is 188 Å². The minimum atomic E-state index is -0.228. The van der Waals surface area contributed by atoms with Crippen LogP contribution in [0.15, 0.2) is 54.7 Å². The maximum Gasteiger partial charge on any atom is 0.170 e. The molecular weight excluding hydrogens is 407 g/mol. The lowest BCUT2D eigenvalue weighted by atomic mass is 9.95. The molecule has 5 rings (SSSR count). The molecule has 1 saturated carbocycles. The van der Waals surface area contributed by atoms with Gasteiger partial charge in [0.2, 0.25) is 0 Å². The molecule has 0 bridgehead atoms. The Morgan fingerprint density at radius 3 is 2.58 bits per heavy atom. The summed E-state index contributed by atoms with van der Waals surface area (Å²) in [7, 11) is 0. The number of nitrogens with one attached hydrogen (secondary N) is 1. The van der Waals surface area contributed by atoms with Gasteiger partial charge in [-0.1, -0.05) is 25.0 Å². The largest absolute Gasteiger partial charge is 0.352 e. The monoisotopic (exact) mass is 434 g/mol. The van der Waals surface area contributed by atoms with E-state index in [1.54, 1.807) is 12.1 Å². The molecule has 0 amide bonds. The van der Waals surface area contributed by atoms with E-state index >= 15 is 0 Å². The van der Waals surface area contributed by atoms with Gasteiger partial charge >= 0.3 is 0 Å². The number of thiocarbonyl (C=S) groups is 1. The second-order valence-electron chi connectivity index (χ2n) is 8.61. The molecule has 3 aromatic rings. The van der Waals surface area contributed by atoms with E-state index in [1.165, 1.54) is 24.5 Å². The molecule has 0 unspecified atom stereocenters. The fourth-order valence-electron chi connectivity index (χ4n) is 5.37.